The van der Waals surface area contributed by atoms with Gasteiger partial charge in [-0.2, -0.15) is 0 Å². The van der Waals surface area contributed by atoms with E-state index < -0.39 is 0 Å². The monoisotopic (exact) mass is 847 g/mol. The summed E-state index contributed by atoms with van der Waals surface area (Å²) in [4.78, 5) is 2.37. The molecule has 2 aromatic heterocycles. The van der Waals surface area contributed by atoms with E-state index in [0.717, 1.165) is 83.2 Å². The van der Waals surface area contributed by atoms with E-state index >= 15 is 0 Å². The van der Waals surface area contributed by atoms with E-state index in [9.17, 15) is 0 Å². The topological polar surface area (TPSA) is 29.5 Å². The van der Waals surface area contributed by atoms with Gasteiger partial charge in [0.2, 0.25) is 0 Å². The fourth-order valence-corrected chi connectivity index (χ4v) is 9.83. The van der Waals surface area contributed by atoms with Gasteiger partial charge in [0.15, 0.2) is 0 Å². The number of hydrogen-bond donors (Lipinski definition) is 0. The first-order chi connectivity index (χ1) is 32.4. The molecule has 0 saturated carbocycles. The van der Waals surface area contributed by atoms with Crippen molar-refractivity contribution in [2.45, 2.75) is 19.3 Å². The zero-order valence-corrected chi connectivity index (χ0v) is 36.8. The predicted octanol–water partition coefficient (Wildman–Crippen LogP) is 17.8. The van der Waals surface area contributed by atoms with Gasteiger partial charge in [-0.1, -0.05) is 202 Å². The van der Waals surface area contributed by atoms with Gasteiger partial charge < -0.3 is 13.7 Å². The number of anilines is 3. The molecule has 9 aromatic carbocycles. The Hall–Kier alpha value is -8.40. The number of benzene rings is 9. The highest BCUT2D eigenvalue weighted by Crippen LogP contribution is 2.51. The molecule has 12 rings (SSSR count). The Morgan fingerprint density at radius 2 is 0.773 bits per heavy atom. The Kier molecular flexibility index (Phi) is 9.50. The van der Waals surface area contributed by atoms with Gasteiger partial charge in [0.25, 0.3) is 0 Å². The van der Waals surface area contributed by atoms with Crippen molar-refractivity contribution in [1.29, 1.82) is 0 Å². The molecule has 314 valence electrons. The van der Waals surface area contributed by atoms with Crippen LogP contribution in [0.5, 0.6) is 0 Å². The van der Waals surface area contributed by atoms with Crippen LogP contribution < -0.4 is 4.90 Å². The van der Waals surface area contributed by atoms with Gasteiger partial charge in [0.1, 0.15) is 22.3 Å². The maximum Gasteiger partial charge on any atom is 0.142 e. The van der Waals surface area contributed by atoms with Crippen molar-refractivity contribution in [2.75, 3.05) is 4.90 Å². The third-order valence-corrected chi connectivity index (χ3v) is 13.3. The highest BCUT2D eigenvalue weighted by atomic mass is 16.3. The molecule has 2 heterocycles. The van der Waals surface area contributed by atoms with Crippen molar-refractivity contribution in [3.63, 3.8) is 0 Å². The summed E-state index contributed by atoms with van der Waals surface area (Å²) >= 11 is 0. The second-order valence-corrected chi connectivity index (χ2v) is 17.7. The lowest BCUT2D eigenvalue weighted by molar-refractivity contribution is 0.660. The van der Waals surface area contributed by atoms with Crippen LogP contribution in [0.15, 0.2) is 209 Å². The Morgan fingerprint density at radius 3 is 1.35 bits per heavy atom. The van der Waals surface area contributed by atoms with Gasteiger partial charge in [-0.05, 0) is 93.0 Å². The minimum Gasteiger partial charge on any atom is -0.455 e. The summed E-state index contributed by atoms with van der Waals surface area (Å²) in [6, 6.07) is 71.3. The van der Waals surface area contributed by atoms with Crippen LogP contribution in [0.2, 0.25) is 0 Å². The van der Waals surface area contributed by atoms with Crippen LogP contribution in [0.25, 0.3) is 91.5 Å². The number of rotatable bonds is 9. The third-order valence-electron chi connectivity index (χ3n) is 13.3. The van der Waals surface area contributed by atoms with E-state index in [1.165, 1.54) is 33.4 Å². The van der Waals surface area contributed by atoms with Crippen molar-refractivity contribution >= 4 is 97.4 Å². The summed E-state index contributed by atoms with van der Waals surface area (Å²) in [7, 11) is 0. The lowest BCUT2D eigenvalue weighted by atomic mass is 9.81. The normalized spacial score (nSPS) is 13.2. The van der Waals surface area contributed by atoms with Crippen LogP contribution in [0, 0.1) is 0 Å². The molecule has 3 heteroatoms. The summed E-state index contributed by atoms with van der Waals surface area (Å²) in [6.07, 6.45) is 13.1. The Bertz CT molecular complexity index is 3540. The SMILES string of the molecule is CC1(C)c2cc(C=Cc3ccccc3)ccc2-c2ccc(N(c3ccc(C=Cc4cccc5c4oc4ccccc45)cc3)c3ccc(C=Cc4cccc5c4oc4ccccc45)cc3)cc21. The van der Waals surface area contributed by atoms with Crippen LogP contribution in [-0.4, -0.2) is 0 Å². The second-order valence-electron chi connectivity index (χ2n) is 17.7. The molecule has 11 aromatic rings. The van der Waals surface area contributed by atoms with E-state index in [0.29, 0.717) is 0 Å². The van der Waals surface area contributed by atoms with E-state index in [4.69, 9.17) is 8.83 Å². The molecule has 0 fully saturated rings. The number of furan rings is 2. The van der Waals surface area contributed by atoms with Gasteiger partial charge in [-0.25, -0.2) is 0 Å². The van der Waals surface area contributed by atoms with Gasteiger partial charge in [0.05, 0.1) is 0 Å². The predicted molar refractivity (Wildman–Crippen MR) is 279 cm³/mol. The molecule has 0 aliphatic heterocycles. The largest absolute Gasteiger partial charge is 0.455 e. The van der Waals surface area contributed by atoms with Gasteiger partial charge in [-0.3, -0.25) is 0 Å². The molecule has 1 aliphatic carbocycles. The van der Waals surface area contributed by atoms with Crippen LogP contribution in [-0.2, 0) is 5.41 Å². The van der Waals surface area contributed by atoms with Crippen molar-refractivity contribution in [3.8, 4) is 11.1 Å². The third kappa shape index (κ3) is 6.93. The first kappa shape index (κ1) is 39.2. The van der Waals surface area contributed by atoms with Gasteiger partial charge in [-0.15, -0.1) is 0 Å². The maximum atomic E-state index is 6.33. The average Bonchev–Trinajstić information content (AvgIpc) is 4.01. The summed E-state index contributed by atoms with van der Waals surface area (Å²) in [5, 5.41) is 4.53. The van der Waals surface area contributed by atoms with Crippen LogP contribution in [0.1, 0.15) is 58.4 Å². The second kappa shape index (κ2) is 16.0. The molecule has 66 heavy (non-hydrogen) atoms. The lowest BCUT2D eigenvalue weighted by Gasteiger charge is -2.28. The fourth-order valence-electron chi connectivity index (χ4n) is 9.83. The minimum atomic E-state index is -0.197. The first-order valence-corrected chi connectivity index (χ1v) is 22.6. The van der Waals surface area contributed by atoms with Crippen molar-refractivity contribution < 1.29 is 8.83 Å². The molecule has 0 bridgehead atoms. The van der Waals surface area contributed by atoms with Crippen LogP contribution in [0.4, 0.5) is 17.1 Å². The molecule has 0 N–H and O–H groups in total. The van der Waals surface area contributed by atoms with Crippen LogP contribution in [0.3, 0.4) is 0 Å². The highest BCUT2D eigenvalue weighted by molar-refractivity contribution is 6.08. The number of nitrogens with zero attached hydrogens (tertiary/aromatic N) is 1. The Morgan fingerprint density at radius 1 is 0.348 bits per heavy atom. The van der Waals surface area contributed by atoms with Crippen molar-refractivity contribution in [1.82, 2.24) is 0 Å². The number of fused-ring (bicyclic) bond motifs is 9. The fraction of sp³-hybridized carbons (Fsp3) is 0.0476. The molecular weight excluding hydrogens is 803 g/mol. The number of para-hydroxylation sites is 4. The lowest BCUT2D eigenvalue weighted by Crippen LogP contribution is -2.16. The minimum absolute atomic E-state index is 0.197. The first-order valence-electron chi connectivity index (χ1n) is 22.6. The van der Waals surface area contributed by atoms with Crippen LogP contribution >= 0.6 is 0 Å². The average molecular weight is 848 g/mol. The summed E-state index contributed by atoms with van der Waals surface area (Å²) < 4.78 is 12.7. The smallest absolute Gasteiger partial charge is 0.142 e. The molecule has 0 saturated heterocycles. The molecule has 0 unspecified atom stereocenters. The van der Waals surface area contributed by atoms with E-state index in [1.807, 2.05) is 24.3 Å². The molecular formula is C63H45NO2. The standard InChI is InChI=1S/C63H45NO2/c1-63(2)57-40-45(23-22-42-12-4-3-5-13-42)30-38-51(57)52-39-37-50(41-58(52)63)64(48-33-26-43(27-34-48)24-31-46-14-10-18-55-53-16-6-8-20-59(53)65-61(46)55)49-35-28-44(29-36-49)25-32-47-15-11-19-56-54-17-7-9-21-60(54)66-62(47)56/h3-41H,1-2H3. The molecule has 0 atom stereocenters. The van der Waals surface area contributed by atoms with Crippen molar-refractivity contribution in [3.05, 3.63) is 245 Å². The summed E-state index contributed by atoms with van der Waals surface area (Å²) in [6.45, 7) is 4.72. The molecule has 3 nitrogen and oxygen atoms in total. The van der Waals surface area contributed by atoms with Gasteiger partial charge >= 0.3 is 0 Å². The quantitative estimate of drug-likeness (QED) is 0.136. The van der Waals surface area contributed by atoms with Gasteiger partial charge in [0, 0.05) is 55.1 Å². The van der Waals surface area contributed by atoms with Crippen molar-refractivity contribution in [2.24, 2.45) is 0 Å². The molecule has 1 aliphatic rings. The number of hydrogen-bond acceptors (Lipinski definition) is 3. The Balaban J connectivity index is 0.888. The zero-order valence-electron chi connectivity index (χ0n) is 36.8. The summed E-state index contributed by atoms with van der Waals surface area (Å²) in [5.74, 6) is 0. The molecule has 0 amide bonds. The Labute approximate surface area is 384 Å². The van der Waals surface area contributed by atoms with E-state index in [-0.39, 0.29) is 5.41 Å². The van der Waals surface area contributed by atoms with E-state index in [2.05, 4.69) is 231 Å². The highest BCUT2D eigenvalue weighted by Gasteiger charge is 2.36. The molecule has 0 spiro atoms. The summed E-state index contributed by atoms with van der Waals surface area (Å²) in [5.41, 5.74) is 18.7. The van der Waals surface area contributed by atoms with E-state index in [1.54, 1.807) is 0 Å². The maximum absolute atomic E-state index is 6.33. The zero-order chi connectivity index (χ0) is 44.2. The molecule has 0 radical (unpaired) electrons.